The quantitative estimate of drug-likeness (QED) is 0.557. The fourth-order valence-electron chi connectivity index (χ4n) is 6.02. The number of nitrogens with zero attached hydrogens (tertiary/aromatic N) is 2. The van der Waals surface area contributed by atoms with E-state index in [9.17, 15) is 9.59 Å². The highest BCUT2D eigenvalue weighted by atomic mass is 32.2. The number of ether oxygens (including phenoxy) is 1. The van der Waals surface area contributed by atoms with Gasteiger partial charge in [0.25, 0.3) is 5.91 Å². The summed E-state index contributed by atoms with van der Waals surface area (Å²) in [5, 5.41) is 9.99. The summed E-state index contributed by atoms with van der Waals surface area (Å²) >= 11 is 1.56. The molecule has 3 saturated heterocycles. The summed E-state index contributed by atoms with van der Waals surface area (Å²) < 4.78 is 6.00. The van der Waals surface area contributed by atoms with E-state index in [2.05, 4.69) is 27.9 Å². The van der Waals surface area contributed by atoms with E-state index in [4.69, 9.17) is 4.74 Å². The number of piperidine rings is 2. The number of carbonyl (C=O) groups excluding carboxylic acids is 2. The number of anilines is 1. The number of benzene rings is 2. The number of nitrogens with one attached hydrogen (secondary N) is 3. The predicted molar refractivity (Wildman–Crippen MR) is 146 cm³/mol. The molecule has 4 aliphatic rings. The van der Waals surface area contributed by atoms with E-state index in [-0.39, 0.29) is 35.3 Å². The Morgan fingerprint density at radius 3 is 2.76 bits per heavy atom. The second-order valence-electron chi connectivity index (χ2n) is 10.4. The molecule has 3 N–H and O–H groups in total. The molecule has 37 heavy (non-hydrogen) atoms. The zero-order valence-electron chi connectivity index (χ0n) is 21.2. The minimum Gasteiger partial charge on any atom is -0.457 e. The largest absolute Gasteiger partial charge is 0.457 e. The van der Waals surface area contributed by atoms with Gasteiger partial charge >= 0.3 is 6.03 Å². The predicted octanol–water partition coefficient (Wildman–Crippen LogP) is 3.79. The molecular formula is C28H33N5O3S. The van der Waals surface area contributed by atoms with E-state index in [0.717, 1.165) is 67.3 Å². The maximum absolute atomic E-state index is 13.5. The molecule has 4 atom stereocenters. The lowest BCUT2D eigenvalue weighted by Crippen LogP contribution is -2.62. The Morgan fingerprint density at radius 2 is 1.97 bits per heavy atom. The molecule has 4 unspecified atom stereocenters. The molecule has 4 heterocycles. The van der Waals surface area contributed by atoms with Crippen molar-refractivity contribution in [1.82, 2.24) is 20.9 Å². The Hall–Kier alpha value is -3.01. The van der Waals surface area contributed by atoms with Crippen molar-refractivity contribution in [3.05, 3.63) is 64.7 Å². The lowest BCUT2D eigenvalue weighted by molar-refractivity contribution is -0.117. The van der Waals surface area contributed by atoms with Gasteiger partial charge in [-0.1, -0.05) is 30.0 Å². The lowest BCUT2D eigenvalue weighted by atomic mass is 9.86. The van der Waals surface area contributed by atoms with Crippen LogP contribution in [-0.2, 0) is 4.79 Å². The van der Waals surface area contributed by atoms with E-state index in [1.807, 2.05) is 60.4 Å². The van der Waals surface area contributed by atoms with Gasteiger partial charge in [0.2, 0.25) is 0 Å². The lowest BCUT2D eigenvalue weighted by Gasteiger charge is -2.46. The first-order valence-corrected chi connectivity index (χ1v) is 13.9. The molecule has 0 spiro atoms. The fraction of sp³-hybridized carbons (Fsp3) is 0.429. The molecule has 3 fully saturated rings. The molecule has 194 valence electrons. The van der Waals surface area contributed by atoms with E-state index < -0.39 is 0 Å². The van der Waals surface area contributed by atoms with Crippen LogP contribution in [0.3, 0.4) is 0 Å². The minimum absolute atomic E-state index is 0.0202. The number of carbonyl (C=O) groups is 2. The van der Waals surface area contributed by atoms with Crippen LogP contribution in [0.5, 0.6) is 11.5 Å². The topological polar surface area (TPSA) is 85.9 Å². The smallest absolute Gasteiger partial charge is 0.326 e. The molecule has 2 aromatic carbocycles. The number of hydrogen-bond donors (Lipinski definition) is 3. The summed E-state index contributed by atoms with van der Waals surface area (Å²) in [7, 11) is 2.09. The van der Waals surface area contributed by atoms with Gasteiger partial charge in [0.1, 0.15) is 11.5 Å². The average Bonchev–Trinajstić information content (AvgIpc) is 3.25. The summed E-state index contributed by atoms with van der Waals surface area (Å²) in [5.41, 5.74) is 2.61. The summed E-state index contributed by atoms with van der Waals surface area (Å²) in [6.07, 6.45) is 2.89. The molecule has 9 heteroatoms. The van der Waals surface area contributed by atoms with Gasteiger partial charge in [-0.25, -0.2) is 4.79 Å². The van der Waals surface area contributed by atoms with Crippen molar-refractivity contribution in [2.45, 2.75) is 43.6 Å². The van der Waals surface area contributed by atoms with Gasteiger partial charge in [0.05, 0.1) is 16.3 Å². The second kappa shape index (κ2) is 10.0. The van der Waals surface area contributed by atoms with Crippen LogP contribution in [0.4, 0.5) is 10.5 Å². The summed E-state index contributed by atoms with van der Waals surface area (Å²) in [6, 6.07) is 15.5. The summed E-state index contributed by atoms with van der Waals surface area (Å²) in [5.74, 6) is 1.47. The normalized spacial score (nSPS) is 27.5. The monoisotopic (exact) mass is 519 g/mol. The van der Waals surface area contributed by atoms with E-state index >= 15 is 0 Å². The van der Waals surface area contributed by atoms with Crippen LogP contribution in [0.25, 0.3) is 0 Å². The number of likely N-dealkylation sites (tertiary alicyclic amines) is 1. The number of amides is 3. The van der Waals surface area contributed by atoms with Gasteiger partial charge in [-0.2, -0.15) is 0 Å². The number of likely N-dealkylation sites (N-methyl/N-ethyl adjacent to an activating group) is 1. The van der Waals surface area contributed by atoms with Crippen LogP contribution in [0.2, 0.25) is 0 Å². The van der Waals surface area contributed by atoms with Crippen molar-refractivity contribution in [3.8, 4) is 11.5 Å². The molecule has 0 radical (unpaired) electrons. The molecule has 6 rings (SSSR count). The van der Waals surface area contributed by atoms with Crippen molar-refractivity contribution in [1.29, 1.82) is 0 Å². The second-order valence-corrected chi connectivity index (χ2v) is 11.5. The molecule has 8 nitrogen and oxygen atoms in total. The van der Waals surface area contributed by atoms with Crippen molar-refractivity contribution >= 4 is 29.4 Å². The Balaban J connectivity index is 1.24. The molecule has 0 bridgehead atoms. The standard InChI is InChI=1S/C28H33N5O3S/c1-17-15-20(36-19-8-4-3-5-9-19)10-11-21(17)33-22-12-13-29-27-23(22)24(31-28(33)35)25(37-27)26(34)30-18-7-6-14-32(2)16-18/h3-5,8-11,15,18,22-23,27,29H,6-7,12-14,16H2,1-2H3,(H,30,34)(H,31,35). The van der Waals surface area contributed by atoms with Crippen LogP contribution < -0.4 is 25.6 Å². The molecule has 3 amide bonds. The van der Waals surface area contributed by atoms with E-state index in [1.165, 1.54) is 0 Å². The molecule has 2 aromatic rings. The van der Waals surface area contributed by atoms with Crippen LogP contribution in [0.15, 0.2) is 59.1 Å². The first-order valence-electron chi connectivity index (χ1n) is 13.1. The third-order valence-corrected chi connectivity index (χ3v) is 9.07. The maximum Gasteiger partial charge on any atom is 0.326 e. The van der Waals surface area contributed by atoms with Crippen LogP contribution in [-0.4, -0.2) is 61.0 Å². The third kappa shape index (κ3) is 4.71. The fourth-order valence-corrected chi connectivity index (χ4v) is 7.42. The maximum atomic E-state index is 13.5. The van der Waals surface area contributed by atoms with Crippen LogP contribution in [0.1, 0.15) is 24.8 Å². The van der Waals surface area contributed by atoms with Gasteiger partial charge in [0, 0.05) is 29.9 Å². The number of thioether (sulfide) groups is 1. The van der Waals surface area contributed by atoms with Crippen molar-refractivity contribution in [2.75, 3.05) is 31.6 Å². The molecule has 0 aromatic heterocycles. The molecule has 0 saturated carbocycles. The summed E-state index contributed by atoms with van der Waals surface area (Å²) in [4.78, 5) is 31.7. The van der Waals surface area contributed by atoms with Gasteiger partial charge < -0.3 is 25.6 Å². The average molecular weight is 520 g/mol. The van der Waals surface area contributed by atoms with E-state index in [1.54, 1.807) is 11.8 Å². The van der Waals surface area contributed by atoms with Gasteiger partial charge in [-0.05, 0) is 82.2 Å². The van der Waals surface area contributed by atoms with Gasteiger partial charge in [-0.15, -0.1) is 0 Å². The first-order chi connectivity index (χ1) is 18.0. The number of rotatable bonds is 5. The molecule has 4 aliphatic heterocycles. The molecular weight excluding hydrogens is 486 g/mol. The number of hydrogen-bond acceptors (Lipinski definition) is 6. The van der Waals surface area contributed by atoms with Gasteiger partial charge in [-0.3, -0.25) is 9.69 Å². The van der Waals surface area contributed by atoms with Crippen molar-refractivity contribution in [3.63, 3.8) is 0 Å². The highest BCUT2D eigenvalue weighted by molar-refractivity contribution is 8.04. The highest BCUT2D eigenvalue weighted by Crippen LogP contribution is 2.48. The van der Waals surface area contributed by atoms with Crippen LogP contribution in [0, 0.1) is 12.8 Å². The number of para-hydroxylation sites is 1. The minimum atomic E-state index is -0.179. The van der Waals surface area contributed by atoms with Crippen molar-refractivity contribution in [2.24, 2.45) is 5.92 Å². The Kier molecular flexibility index (Phi) is 6.60. The number of aryl methyl sites for hydroxylation is 1. The highest BCUT2D eigenvalue weighted by Gasteiger charge is 2.52. The van der Waals surface area contributed by atoms with Crippen molar-refractivity contribution < 1.29 is 14.3 Å². The van der Waals surface area contributed by atoms with E-state index in [0.29, 0.717) is 4.91 Å². The number of urea groups is 1. The SMILES string of the molecule is Cc1cc(Oc2ccccc2)ccc1N1C(=O)NC2=C(C(=O)NC3CCCN(C)C3)SC3NCCC1C23. The summed E-state index contributed by atoms with van der Waals surface area (Å²) in [6.45, 7) is 4.73. The Labute approximate surface area is 221 Å². The van der Waals surface area contributed by atoms with Gasteiger partial charge in [0.15, 0.2) is 0 Å². The first kappa shape index (κ1) is 24.3. The Bertz CT molecular complexity index is 1240. The zero-order valence-corrected chi connectivity index (χ0v) is 22.0. The third-order valence-electron chi connectivity index (χ3n) is 7.71. The zero-order chi connectivity index (χ0) is 25.5. The molecule has 0 aliphatic carbocycles. The van der Waals surface area contributed by atoms with Crippen LogP contribution >= 0.6 is 11.8 Å². The Morgan fingerprint density at radius 1 is 1.14 bits per heavy atom.